The lowest BCUT2D eigenvalue weighted by atomic mass is 10.0. The van der Waals surface area contributed by atoms with Gasteiger partial charge in [0, 0.05) is 24.4 Å². The summed E-state index contributed by atoms with van der Waals surface area (Å²) >= 11 is 1.53. The lowest BCUT2D eigenvalue weighted by molar-refractivity contribution is -0.121. The van der Waals surface area contributed by atoms with Crippen molar-refractivity contribution in [3.63, 3.8) is 0 Å². The molecule has 3 rings (SSSR count). The number of carbonyl (C=O) groups is 1. The summed E-state index contributed by atoms with van der Waals surface area (Å²) in [5, 5.41) is 8.78. The van der Waals surface area contributed by atoms with Gasteiger partial charge in [0.15, 0.2) is 5.13 Å². The van der Waals surface area contributed by atoms with Gasteiger partial charge in [-0.05, 0) is 12.8 Å². The van der Waals surface area contributed by atoms with E-state index in [1.54, 1.807) is 0 Å². The van der Waals surface area contributed by atoms with Gasteiger partial charge >= 0.3 is 0 Å². The number of hydrogen-bond donors (Lipinski definition) is 2. The average molecular weight is 223 g/mol. The van der Waals surface area contributed by atoms with Crippen molar-refractivity contribution in [2.24, 2.45) is 5.92 Å². The summed E-state index contributed by atoms with van der Waals surface area (Å²) in [7, 11) is 0. The van der Waals surface area contributed by atoms with E-state index in [1.165, 1.54) is 24.2 Å². The average Bonchev–Trinajstić information content (AvgIpc) is 2.86. The highest BCUT2D eigenvalue weighted by molar-refractivity contribution is 7.13. The van der Waals surface area contributed by atoms with E-state index in [0.29, 0.717) is 5.92 Å². The third-order valence-electron chi connectivity index (χ3n) is 2.90. The zero-order chi connectivity index (χ0) is 10.3. The first-order valence-corrected chi connectivity index (χ1v) is 6.18. The summed E-state index contributed by atoms with van der Waals surface area (Å²) in [6.45, 7) is 1.60. The molecule has 1 aliphatic carbocycles. The van der Waals surface area contributed by atoms with Gasteiger partial charge in [-0.1, -0.05) is 0 Å². The molecule has 5 heteroatoms. The Bertz CT molecular complexity index is 382. The first-order valence-electron chi connectivity index (χ1n) is 5.30. The van der Waals surface area contributed by atoms with Crippen LogP contribution in [0.3, 0.4) is 0 Å². The number of aromatic nitrogens is 1. The fourth-order valence-electron chi connectivity index (χ4n) is 1.59. The van der Waals surface area contributed by atoms with Gasteiger partial charge < -0.3 is 10.6 Å². The van der Waals surface area contributed by atoms with E-state index < -0.39 is 0 Å². The van der Waals surface area contributed by atoms with E-state index in [4.69, 9.17) is 0 Å². The van der Waals surface area contributed by atoms with Crippen LogP contribution in [0.15, 0.2) is 5.38 Å². The minimum atomic E-state index is 0.102. The number of carbonyl (C=O) groups excluding carboxylic acids is 1. The van der Waals surface area contributed by atoms with Crippen LogP contribution < -0.4 is 10.6 Å². The van der Waals surface area contributed by atoms with Crippen molar-refractivity contribution in [2.45, 2.75) is 18.8 Å². The van der Waals surface area contributed by atoms with E-state index in [2.05, 4.69) is 21.0 Å². The number of nitrogens with one attached hydrogen (secondary N) is 2. The lowest BCUT2D eigenvalue weighted by Crippen LogP contribution is -2.48. The Morgan fingerprint density at radius 2 is 2.33 bits per heavy atom. The van der Waals surface area contributed by atoms with Crippen LogP contribution in [0.2, 0.25) is 0 Å². The van der Waals surface area contributed by atoms with Crippen molar-refractivity contribution in [1.29, 1.82) is 0 Å². The minimum absolute atomic E-state index is 0.102. The largest absolute Gasteiger partial charge is 0.315 e. The van der Waals surface area contributed by atoms with Gasteiger partial charge in [0.1, 0.15) is 0 Å². The smallest absolute Gasteiger partial charge is 0.231 e. The predicted molar refractivity (Wildman–Crippen MR) is 59.1 cm³/mol. The zero-order valence-electron chi connectivity index (χ0n) is 8.32. The fourth-order valence-corrected chi connectivity index (χ4v) is 2.39. The minimum Gasteiger partial charge on any atom is -0.315 e. The molecular weight excluding hydrogens is 210 g/mol. The predicted octanol–water partition coefficient (Wildman–Crippen LogP) is 1.18. The molecule has 1 aromatic rings. The summed E-state index contributed by atoms with van der Waals surface area (Å²) < 4.78 is 0. The number of hydrogen-bond acceptors (Lipinski definition) is 4. The third kappa shape index (κ3) is 1.89. The molecule has 0 atom stereocenters. The van der Waals surface area contributed by atoms with E-state index in [9.17, 15) is 4.79 Å². The van der Waals surface area contributed by atoms with Gasteiger partial charge in [0.2, 0.25) is 5.91 Å². The van der Waals surface area contributed by atoms with Gasteiger partial charge in [-0.15, -0.1) is 11.3 Å². The Balaban J connectivity index is 1.62. The van der Waals surface area contributed by atoms with Crippen molar-refractivity contribution >= 4 is 22.4 Å². The summed E-state index contributed by atoms with van der Waals surface area (Å²) in [5.41, 5.74) is 1.15. The molecule has 2 aliphatic rings. The van der Waals surface area contributed by atoms with Crippen molar-refractivity contribution in [1.82, 2.24) is 10.3 Å². The molecule has 1 amide bonds. The van der Waals surface area contributed by atoms with E-state index >= 15 is 0 Å². The molecule has 1 aliphatic heterocycles. The number of thiazole rings is 1. The summed E-state index contributed by atoms with van der Waals surface area (Å²) in [6, 6.07) is 0. The van der Waals surface area contributed by atoms with Crippen molar-refractivity contribution in [3.8, 4) is 0 Å². The molecule has 0 spiro atoms. The van der Waals surface area contributed by atoms with E-state index in [1.807, 2.05) is 0 Å². The molecule has 1 saturated carbocycles. The summed E-state index contributed by atoms with van der Waals surface area (Å²) in [6.07, 6.45) is 2.51. The maximum absolute atomic E-state index is 11.6. The lowest BCUT2D eigenvalue weighted by Gasteiger charge is -2.25. The van der Waals surface area contributed by atoms with E-state index in [0.717, 1.165) is 23.9 Å². The molecule has 2 fully saturated rings. The normalized spacial score (nSPS) is 21.1. The highest BCUT2D eigenvalue weighted by Gasteiger charge is 2.28. The monoisotopic (exact) mass is 223 g/mol. The molecule has 1 aromatic heterocycles. The Morgan fingerprint density at radius 1 is 1.53 bits per heavy atom. The Labute approximate surface area is 92.1 Å². The second-order valence-corrected chi connectivity index (χ2v) is 5.05. The standard InChI is InChI=1S/C10H13N3OS/c14-9(7-3-11-4-7)13-10-12-8(5-15-10)6-1-2-6/h5-7,11H,1-4H2,(H,12,13,14). The SMILES string of the molecule is O=C(Nc1nc(C2CC2)cs1)C1CNC1. The van der Waals surface area contributed by atoms with Crippen LogP contribution in [0.5, 0.6) is 0 Å². The van der Waals surface area contributed by atoms with E-state index in [-0.39, 0.29) is 11.8 Å². The molecule has 0 bridgehead atoms. The van der Waals surface area contributed by atoms with Crippen LogP contribution >= 0.6 is 11.3 Å². The maximum Gasteiger partial charge on any atom is 0.231 e. The van der Waals surface area contributed by atoms with Gasteiger partial charge in [-0.25, -0.2) is 4.98 Å². The topological polar surface area (TPSA) is 54.0 Å². The van der Waals surface area contributed by atoms with Crippen LogP contribution in [0.25, 0.3) is 0 Å². The second-order valence-electron chi connectivity index (χ2n) is 4.20. The Kier molecular flexibility index (Phi) is 2.21. The second kappa shape index (κ2) is 3.57. The number of amides is 1. The molecule has 2 heterocycles. The molecule has 0 radical (unpaired) electrons. The van der Waals surface area contributed by atoms with Gasteiger partial charge in [-0.2, -0.15) is 0 Å². The molecule has 0 unspecified atom stereocenters. The maximum atomic E-state index is 11.6. The van der Waals surface area contributed by atoms with Crippen molar-refractivity contribution in [3.05, 3.63) is 11.1 Å². The van der Waals surface area contributed by atoms with Crippen molar-refractivity contribution < 1.29 is 4.79 Å². The molecule has 80 valence electrons. The van der Waals surface area contributed by atoms with Crippen molar-refractivity contribution in [2.75, 3.05) is 18.4 Å². The first kappa shape index (κ1) is 9.30. The molecule has 1 saturated heterocycles. The molecule has 15 heavy (non-hydrogen) atoms. The van der Waals surface area contributed by atoms with Gasteiger partial charge in [-0.3, -0.25) is 4.79 Å². The number of nitrogens with zero attached hydrogens (tertiary/aromatic N) is 1. The molecule has 0 aromatic carbocycles. The van der Waals surface area contributed by atoms with Crippen LogP contribution in [0, 0.1) is 5.92 Å². The Hall–Kier alpha value is -0.940. The van der Waals surface area contributed by atoms with Crippen LogP contribution in [0.1, 0.15) is 24.5 Å². The van der Waals surface area contributed by atoms with Gasteiger partial charge in [0.25, 0.3) is 0 Å². The quantitative estimate of drug-likeness (QED) is 0.809. The van der Waals surface area contributed by atoms with Crippen LogP contribution in [0.4, 0.5) is 5.13 Å². The van der Waals surface area contributed by atoms with Gasteiger partial charge in [0.05, 0.1) is 11.6 Å². The highest BCUT2D eigenvalue weighted by atomic mass is 32.1. The third-order valence-corrected chi connectivity index (χ3v) is 3.68. The summed E-state index contributed by atoms with van der Waals surface area (Å²) in [5.74, 6) is 0.904. The van der Waals surface area contributed by atoms with Crippen LogP contribution in [-0.2, 0) is 4.79 Å². The molecular formula is C10H13N3OS. The number of rotatable bonds is 3. The molecule has 2 N–H and O–H groups in total. The molecule has 4 nitrogen and oxygen atoms in total. The first-order chi connectivity index (χ1) is 7.33. The van der Waals surface area contributed by atoms with Crippen LogP contribution in [-0.4, -0.2) is 24.0 Å². The summed E-state index contributed by atoms with van der Waals surface area (Å²) in [4.78, 5) is 16.0. The number of anilines is 1. The zero-order valence-corrected chi connectivity index (χ0v) is 9.14. The highest BCUT2D eigenvalue weighted by Crippen LogP contribution is 2.40. The Morgan fingerprint density at radius 3 is 2.93 bits per heavy atom. The fraction of sp³-hybridized carbons (Fsp3) is 0.600.